The minimum atomic E-state index is -1.09. The molecule has 3 unspecified atom stereocenters. The van der Waals surface area contributed by atoms with Crippen LogP contribution < -0.4 is 0 Å². The zero-order valence-corrected chi connectivity index (χ0v) is 21.9. The van der Waals surface area contributed by atoms with Crippen molar-refractivity contribution in [2.75, 3.05) is 6.61 Å². The highest BCUT2D eigenvalue weighted by molar-refractivity contribution is 7.09. The Kier molecular flexibility index (Phi) is 17.6. The number of hydrogen-bond acceptors (Lipinski definition) is 7. The normalized spacial score (nSPS) is 15.0. The molecule has 0 saturated carbocycles. The summed E-state index contributed by atoms with van der Waals surface area (Å²) in [4.78, 5) is 28.1. The average molecular weight is 482 g/mol. The van der Waals surface area contributed by atoms with Crippen molar-refractivity contribution in [3.63, 3.8) is 0 Å². The van der Waals surface area contributed by atoms with Gasteiger partial charge in [-0.25, -0.2) is 4.98 Å². The highest BCUT2D eigenvalue weighted by atomic mass is 32.1. The lowest BCUT2D eigenvalue weighted by molar-refractivity contribution is -0.147. The molecule has 0 bridgehead atoms. The molecule has 0 aliphatic carbocycles. The molecule has 0 spiro atoms. The largest absolute Gasteiger partial charge is 0.465 e. The number of carbonyl (C=O) groups is 2. The number of aryl methyl sites for hydroxylation is 1. The predicted molar refractivity (Wildman–Crippen MR) is 136 cm³/mol. The fourth-order valence-corrected chi connectivity index (χ4v) is 3.56. The van der Waals surface area contributed by atoms with Gasteiger partial charge in [-0.3, -0.25) is 9.59 Å². The number of allylic oxidation sites excluding steroid dienone is 2. The first kappa shape index (κ1) is 31.2. The van der Waals surface area contributed by atoms with Gasteiger partial charge in [-0.2, -0.15) is 0 Å². The first-order valence-corrected chi connectivity index (χ1v) is 12.8. The van der Waals surface area contributed by atoms with Crippen LogP contribution in [0.5, 0.6) is 0 Å². The molecular formula is C26H43NO5S. The molecule has 2 N–H and O–H groups in total. The third-order valence-electron chi connectivity index (χ3n) is 5.26. The quantitative estimate of drug-likeness (QED) is 0.206. The van der Waals surface area contributed by atoms with E-state index in [-0.39, 0.29) is 18.8 Å². The maximum absolute atomic E-state index is 12.2. The predicted octanol–water partition coefficient (Wildman–Crippen LogP) is 5.51. The third-order valence-corrected chi connectivity index (χ3v) is 6.05. The molecule has 0 fully saturated rings. The highest BCUT2D eigenvalue weighted by Crippen LogP contribution is 2.18. The van der Waals surface area contributed by atoms with Crippen molar-refractivity contribution >= 4 is 29.2 Å². The van der Waals surface area contributed by atoms with Crippen LogP contribution in [0.25, 0.3) is 6.08 Å². The lowest BCUT2D eigenvalue weighted by atomic mass is 9.86. The van der Waals surface area contributed by atoms with E-state index >= 15 is 0 Å². The minimum Gasteiger partial charge on any atom is -0.465 e. The van der Waals surface area contributed by atoms with Crippen molar-refractivity contribution in [1.29, 1.82) is 0 Å². The van der Waals surface area contributed by atoms with Crippen LogP contribution in [-0.4, -0.2) is 45.8 Å². The molecular weight excluding hydrogens is 438 g/mol. The number of carbonyl (C=O) groups excluding carboxylic acids is 2. The summed E-state index contributed by atoms with van der Waals surface area (Å²) < 4.78 is 5.07. The van der Waals surface area contributed by atoms with Gasteiger partial charge in [0.1, 0.15) is 5.78 Å². The van der Waals surface area contributed by atoms with Gasteiger partial charge < -0.3 is 14.9 Å². The van der Waals surface area contributed by atoms with Gasteiger partial charge in [0.25, 0.3) is 0 Å². The number of ketones is 1. The van der Waals surface area contributed by atoms with Crippen molar-refractivity contribution in [1.82, 2.24) is 4.98 Å². The Morgan fingerprint density at radius 2 is 1.76 bits per heavy atom. The zero-order valence-electron chi connectivity index (χ0n) is 21.1. The number of Topliss-reactive ketones (excluding diaryl/α,β-unsaturated/α-hetero) is 1. The number of rotatable bonds is 14. The maximum atomic E-state index is 12.2. The van der Waals surface area contributed by atoms with Crippen LogP contribution in [0.15, 0.2) is 23.6 Å². The van der Waals surface area contributed by atoms with Crippen molar-refractivity contribution in [2.24, 2.45) is 11.8 Å². The lowest BCUT2D eigenvalue weighted by Crippen LogP contribution is -2.36. The van der Waals surface area contributed by atoms with E-state index in [1.165, 1.54) is 0 Å². The van der Waals surface area contributed by atoms with Crippen molar-refractivity contribution in [3.05, 3.63) is 34.3 Å². The van der Waals surface area contributed by atoms with Crippen LogP contribution in [0, 0.1) is 18.8 Å². The van der Waals surface area contributed by atoms with Crippen molar-refractivity contribution in [2.45, 2.75) is 92.3 Å². The number of ether oxygens (including phenoxy) is 1. The second kappa shape index (κ2) is 18.6. The van der Waals surface area contributed by atoms with Gasteiger partial charge in [0.15, 0.2) is 0 Å². The molecule has 0 amide bonds. The molecule has 1 aromatic rings. The molecule has 0 radical (unpaired) electrons. The Balaban J connectivity index is 0.000000938. The van der Waals surface area contributed by atoms with Gasteiger partial charge >= 0.3 is 5.97 Å². The summed E-state index contributed by atoms with van der Waals surface area (Å²) in [6, 6.07) is 0. The smallest absolute Gasteiger partial charge is 0.308 e. The number of aromatic nitrogens is 1. The van der Waals surface area contributed by atoms with Crippen LogP contribution in [0.4, 0.5) is 0 Å². The highest BCUT2D eigenvalue weighted by Gasteiger charge is 2.30. The lowest BCUT2D eigenvalue weighted by Gasteiger charge is -2.23. The Morgan fingerprint density at radius 3 is 2.30 bits per heavy atom. The second-order valence-corrected chi connectivity index (χ2v) is 9.20. The van der Waals surface area contributed by atoms with Gasteiger partial charge in [0.05, 0.1) is 35.9 Å². The molecule has 1 rings (SSSR count). The molecule has 7 heteroatoms. The van der Waals surface area contributed by atoms with Gasteiger partial charge in [0, 0.05) is 17.2 Å². The number of hydrogen-bond donors (Lipinski definition) is 2. The number of aliphatic hydroxyl groups is 2. The third kappa shape index (κ3) is 14.1. The second-order valence-electron chi connectivity index (χ2n) is 8.14. The van der Waals surface area contributed by atoms with E-state index in [9.17, 15) is 19.8 Å². The van der Waals surface area contributed by atoms with Gasteiger partial charge in [-0.1, -0.05) is 58.8 Å². The molecule has 0 saturated heterocycles. The van der Waals surface area contributed by atoms with E-state index in [1.807, 2.05) is 32.1 Å². The molecule has 33 heavy (non-hydrogen) atoms. The van der Waals surface area contributed by atoms with Crippen molar-refractivity contribution < 1.29 is 24.5 Å². The molecule has 0 aliphatic heterocycles. The summed E-state index contributed by atoms with van der Waals surface area (Å²) in [6.07, 6.45) is 10.5. The van der Waals surface area contributed by atoms with Crippen molar-refractivity contribution in [3.8, 4) is 0 Å². The summed E-state index contributed by atoms with van der Waals surface area (Å²) in [5.74, 6) is -2.00. The van der Waals surface area contributed by atoms with Crippen LogP contribution in [-0.2, 0) is 14.3 Å². The Labute approximate surface area is 203 Å². The Bertz CT molecular complexity index is 728. The molecule has 6 nitrogen and oxygen atoms in total. The minimum absolute atomic E-state index is 0.207. The summed E-state index contributed by atoms with van der Waals surface area (Å²) in [6.45, 7) is 11.4. The Hall–Kier alpha value is -1.83. The number of unbranched alkanes of at least 4 members (excludes halogenated alkanes) is 2. The summed E-state index contributed by atoms with van der Waals surface area (Å²) in [5, 5.41) is 23.0. The summed E-state index contributed by atoms with van der Waals surface area (Å²) in [7, 11) is 0. The first-order chi connectivity index (χ1) is 15.7. The van der Waals surface area contributed by atoms with Crippen LogP contribution in [0.1, 0.15) is 83.8 Å². The van der Waals surface area contributed by atoms with E-state index in [2.05, 4.69) is 23.4 Å². The van der Waals surface area contributed by atoms with Gasteiger partial charge in [-0.15, -0.1) is 11.3 Å². The molecule has 0 aliphatic rings. The number of aliphatic hydroxyl groups excluding tert-OH is 2. The van der Waals surface area contributed by atoms with Gasteiger partial charge in [0.2, 0.25) is 0 Å². The summed E-state index contributed by atoms with van der Waals surface area (Å²) in [5.41, 5.74) is 1.07. The summed E-state index contributed by atoms with van der Waals surface area (Å²) >= 11 is 1.68. The standard InChI is InChI=1S/C19H34O5.C7H9NS/c1-5-7-8-9-10-11-12-24-18(22)13-17(21)15(4)19(23)14(3)16(20)6-2;1-3-4-7-5-9-6(2)8-7/h9-10,14-17,20-21H,5-8,11-13H2,1-4H3;3-5H,1-2H3/b10-9-;4-3-/t14?,15?,16-,17?;/m0./s1. The topological polar surface area (TPSA) is 96.7 Å². The molecule has 0 aromatic carbocycles. The van der Waals surface area contributed by atoms with Crippen LogP contribution in [0.3, 0.4) is 0 Å². The average Bonchev–Trinajstić information content (AvgIpc) is 3.21. The van der Waals surface area contributed by atoms with Crippen LogP contribution in [0.2, 0.25) is 0 Å². The van der Waals surface area contributed by atoms with E-state index in [1.54, 1.807) is 32.1 Å². The van der Waals surface area contributed by atoms with E-state index in [4.69, 9.17) is 4.74 Å². The first-order valence-electron chi connectivity index (χ1n) is 11.9. The maximum Gasteiger partial charge on any atom is 0.308 e. The zero-order chi connectivity index (χ0) is 25.2. The number of thiazole rings is 1. The monoisotopic (exact) mass is 481 g/mol. The Morgan fingerprint density at radius 1 is 1.12 bits per heavy atom. The fraction of sp³-hybridized carbons (Fsp3) is 0.654. The van der Waals surface area contributed by atoms with Crippen LogP contribution >= 0.6 is 11.3 Å². The molecule has 188 valence electrons. The fourth-order valence-electron chi connectivity index (χ4n) is 2.98. The molecule has 1 heterocycles. The van der Waals surface area contributed by atoms with E-state index < -0.39 is 30.0 Å². The SMILES string of the molecule is C/C=C\c1csc(C)n1.CCCC/C=C\CCOC(=O)CC(O)C(C)C(=O)C(C)[C@@H](O)CC. The van der Waals surface area contributed by atoms with E-state index in [0.717, 1.165) is 30.0 Å². The van der Waals surface area contributed by atoms with Gasteiger partial charge in [-0.05, 0) is 39.2 Å². The molecule has 4 atom stereocenters. The van der Waals surface area contributed by atoms with E-state index in [0.29, 0.717) is 12.8 Å². The molecule has 1 aromatic heterocycles. The number of nitrogens with zero attached hydrogens (tertiary/aromatic N) is 1. The number of esters is 1.